The van der Waals surface area contributed by atoms with Gasteiger partial charge in [-0.05, 0) is 6.07 Å². The van der Waals surface area contributed by atoms with Crippen molar-refractivity contribution in [2.24, 2.45) is 0 Å². The molecule has 1 aromatic carbocycles. The van der Waals surface area contributed by atoms with Crippen LogP contribution in [-0.4, -0.2) is 55.3 Å². The highest BCUT2D eigenvalue weighted by Crippen LogP contribution is 2.22. The number of H-pyrrole nitrogens is 1. The van der Waals surface area contributed by atoms with E-state index in [1.807, 2.05) is 30.5 Å². The molecule has 0 unspecified atom stereocenters. The van der Waals surface area contributed by atoms with E-state index >= 15 is 0 Å². The Hall–Kier alpha value is -2.05. The van der Waals surface area contributed by atoms with Crippen molar-refractivity contribution in [1.29, 1.82) is 0 Å². The molecule has 6 heteroatoms. The second-order valence-corrected chi connectivity index (χ2v) is 5.08. The van der Waals surface area contributed by atoms with Gasteiger partial charge in [-0.25, -0.2) is 4.79 Å². The summed E-state index contributed by atoms with van der Waals surface area (Å²) in [7, 11) is 0. The number of carbonyl (C=O) groups is 1. The first-order chi connectivity index (χ1) is 10.3. The zero-order chi connectivity index (χ0) is 14.5. The summed E-state index contributed by atoms with van der Waals surface area (Å²) in [5.41, 5.74) is 1.82. The summed E-state index contributed by atoms with van der Waals surface area (Å²) in [4.78, 5) is 17.3. The molecule has 112 valence electrons. The van der Waals surface area contributed by atoms with Crippen molar-refractivity contribution in [3.63, 3.8) is 0 Å². The number of para-hydroxylation sites is 1. The number of anilines is 1. The Balaban J connectivity index is 1.47. The molecule has 3 rings (SSSR count). The van der Waals surface area contributed by atoms with Gasteiger partial charge in [0, 0.05) is 43.3 Å². The van der Waals surface area contributed by atoms with E-state index in [0.717, 1.165) is 49.4 Å². The fourth-order valence-electron chi connectivity index (χ4n) is 2.49. The molecule has 1 saturated heterocycles. The fraction of sp³-hybridized carbons (Fsp3) is 0.400. The van der Waals surface area contributed by atoms with Crippen LogP contribution in [0.25, 0.3) is 10.9 Å². The van der Waals surface area contributed by atoms with E-state index in [2.05, 4.69) is 20.5 Å². The number of nitrogens with one attached hydrogen (secondary N) is 3. The molecule has 6 nitrogen and oxygen atoms in total. The van der Waals surface area contributed by atoms with Gasteiger partial charge in [0.2, 0.25) is 0 Å². The lowest BCUT2D eigenvalue weighted by molar-refractivity contribution is 0.0388. The highest BCUT2D eigenvalue weighted by molar-refractivity contribution is 6.00. The number of aromatic nitrogens is 1. The van der Waals surface area contributed by atoms with Crippen molar-refractivity contribution in [2.45, 2.75) is 0 Å². The van der Waals surface area contributed by atoms with Crippen LogP contribution in [0.5, 0.6) is 0 Å². The molecule has 3 N–H and O–H groups in total. The Morgan fingerprint density at radius 1 is 1.29 bits per heavy atom. The maximum absolute atomic E-state index is 11.9. The number of benzene rings is 1. The van der Waals surface area contributed by atoms with Gasteiger partial charge >= 0.3 is 6.03 Å². The normalized spacial score (nSPS) is 16.0. The molecule has 1 aliphatic rings. The highest BCUT2D eigenvalue weighted by atomic mass is 16.5. The summed E-state index contributed by atoms with van der Waals surface area (Å²) < 4.78 is 5.29. The molecule has 1 aromatic heterocycles. The van der Waals surface area contributed by atoms with Gasteiger partial charge in [0.15, 0.2) is 0 Å². The predicted molar refractivity (Wildman–Crippen MR) is 82.6 cm³/mol. The van der Waals surface area contributed by atoms with E-state index in [1.54, 1.807) is 0 Å². The highest BCUT2D eigenvalue weighted by Gasteiger charge is 2.11. The summed E-state index contributed by atoms with van der Waals surface area (Å²) in [6.07, 6.45) is 1.81. The molecule has 0 spiro atoms. The van der Waals surface area contributed by atoms with Gasteiger partial charge in [0.05, 0.1) is 18.9 Å². The molecule has 1 aliphatic heterocycles. The number of urea groups is 1. The van der Waals surface area contributed by atoms with Crippen LogP contribution in [0.15, 0.2) is 30.5 Å². The smallest absolute Gasteiger partial charge is 0.319 e. The van der Waals surface area contributed by atoms with Crippen molar-refractivity contribution < 1.29 is 9.53 Å². The summed E-state index contributed by atoms with van der Waals surface area (Å²) >= 11 is 0. The summed E-state index contributed by atoms with van der Waals surface area (Å²) in [5.74, 6) is 0. The number of carbonyl (C=O) groups excluding carboxylic acids is 1. The Bertz CT molecular complexity index is 604. The molecule has 0 radical (unpaired) electrons. The minimum Gasteiger partial charge on any atom is -0.379 e. The van der Waals surface area contributed by atoms with Gasteiger partial charge in [-0.2, -0.15) is 0 Å². The van der Waals surface area contributed by atoms with Crippen LogP contribution >= 0.6 is 0 Å². The Morgan fingerprint density at radius 3 is 2.95 bits per heavy atom. The number of amides is 2. The second-order valence-electron chi connectivity index (χ2n) is 5.08. The standard InChI is InChI=1S/C15H20N4O2/c20-15(16-5-6-19-7-9-21-10-8-19)18-14-11-17-13-4-2-1-3-12(13)14/h1-4,11,17H,5-10H2,(H2,16,18,20). The van der Waals surface area contributed by atoms with Crippen LogP contribution in [-0.2, 0) is 4.74 Å². The van der Waals surface area contributed by atoms with Gasteiger partial charge < -0.3 is 20.4 Å². The number of fused-ring (bicyclic) bond motifs is 1. The predicted octanol–water partition coefficient (Wildman–Crippen LogP) is 1.62. The number of ether oxygens (including phenoxy) is 1. The van der Waals surface area contributed by atoms with Crippen LogP contribution < -0.4 is 10.6 Å². The van der Waals surface area contributed by atoms with Crippen molar-refractivity contribution in [3.8, 4) is 0 Å². The number of aromatic amines is 1. The Labute approximate surface area is 123 Å². The van der Waals surface area contributed by atoms with Crippen LogP contribution in [0, 0.1) is 0 Å². The molecule has 2 amide bonds. The molecule has 21 heavy (non-hydrogen) atoms. The summed E-state index contributed by atoms with van der Waals surface area (Å²) in [5, 5.41) is 6.78. The van der Waals surface area contributed by atoms with Gasteiger partial charge in [0.1, 0.15) is 0 Å². The lowest BCUT2D eigenvalue weighted by atomic mass is 10.2. The largest absolute Gasteiger partial charge is 0.379 e. The zero-order valence-corrected chi connectivity index (χ0v) is 11.9. The van der Waals surface area contributed by atoms with Crippen LogP contribution in [0.3, 0.4) is 0 Å². The SMILES string of the molecule is O=C(NCCN1CCOCC1)Nc1c[nH]c2ccccc12. The van der Waals surface area contributed by atoms with Gasteiger partial charge in [-0.1, -0.05) is 18.2 Å². The first-order valence-electron chi connectivity index (χ1n) is 7.24. The van der Waals surface area contributed by atoms with Gasteiger partial charge in [-0.3, -0.25) is 4.90 Å². The number of hydrogen-bond donors (Lipinski definition) is 3. The number of morpholine rings is 1. The van der Waals surface area contributed by atoms with Crippen LogP contribution in [0.2, 0.25) is 0 Å². The van der Waals surface area contributed by atoms with E-state index in [1.165, 1.54) is 0 Å². The topological polar surface area (TPSA) is 69.4 Å². The van der Waals surface area contributed by atoms with E-state index in [0.29, 0.717) is 6.54 Å². The molecule has 0 saturated carbocycles. The molecule has 1 fully saturated rings. The van der Waals surface area contributed by atoms with E-state index in [4.69, 9.17) is 4.74 Å². The summed E-state index contributed by atoms with van der Waals surface area (Å²) in [6.45, 7) is 4.92. The average Bonchev–Trinajstić information content (AvgIpc) is 2.92. The fourth-order valence-corrected chi connectivity index (χ4v) is 2.49. The monoisotopic (exact) mass is 288 g/mol. The Morgan fingerprint density at radius 2 is 2.10 bits per heavy atom. The maximum Gasteiger partial charge on any atom is 0.319 e. The number of hydrogen-bond acceptors (Lipinski definition) is 3. The Kier molecular flexibility index (Phi) is 4.37. The quantitative estimate of drug-likeness (QED) is 0.801. The van der Waals surface area contributed by atoms with E-state index in [-0.39, 0.29) is 6.03 Å². The minimum atomic E-state index is -0.173. The van der Waals surface area contributed by atoms with E-state index < -0.39 is 0 Å². The molecule has 2 aromatic rings. The average molecular weight is 288 g/mol. The van der Waals surface area contributed by atoms with Crippen LogP contribution in [0.4, 0.5) is 10.5 Å². The molecular formula is C15H20N4O2. The summed E-state index contributed by atoms with van der Waals surface area (Å²) in [6, 6.07) is 7.71. The third-order valence-electron chi connectivity index (χ3n) is 3.65. The molecule has 0 atom stereocenters. The first-order valence-corrected chi connectivity index (χ1v) is 7.24. The molecule has 0 bridgehead atoms. The molecule has 0 aliphatic carbocycles. The van der Waals surface area contributed by atoms with Crippen molar-refractivity contribution in [1.82, 2.24) is 15.2 Å². The number of rotatable bonds is 4. The number of nitrogens with zero attached hydrogens (tertiary/aromatic N) is 1. The first kappa shape index (κ1) is 13.9. The van der Waals surface area contributed by atoms with Crippen molar-refractivity contribution >= 4 is 22.6 Å². The molecular weight excluding hydrogens is 268 g/mol. The van der Waals surface area contributed by atoms with Gasteiger partial charge in [-0.15, -0.1) is 0 Å². The van der Waals surface area contributed by atoms with Crippen LogP contribution in [0.1, 0.15) is 0 Å². The third-order valence-corrected chi connectivity index (χ3v) is 3.65. The third kappa shape index (κ3) is 3.53. The zero-order valence-electron chi connectivity index (χ0n) is 11.9. The molecule has 2 heterocycles. The van der Waals surface area contributed by atoms with Gasteiger partial charge in [0.25, 0.3) is 0 Å². The maximum atomic E-state index is 11.9. The van der Waals surface area contributed by atoms with E-state index in [9.17, 15) is 4.79 Å². The van der Waals surface area contributed by atoms with Crippen molar-refractivity contribution in [3.05, 3.63) is 30.5 Å². The lowest BCUT2D eigenvalue weighted by Gasteiger charge is -2.26. The minimum absolute atomic E-state index is 0.173. The van der Waals surface area contributed by atoms with Crippen molar-refractivity contribution in [2.75, 3.05) is 44.7 Å². The second kappa shape index (κ2) is 6.60. The lowest BCUT2D eigenvalue weighted by Crippen LogP contribution is -2.42.